The SMILES string of the molecule is CC1NCCN(C(=O)c2ccc(Sc3ccccc3Cl)nn2)C1C. The Labute approximate surface area is 150 Å². The third-order valence-electron chi connectivity index (χ3n) is 4.21. The van der Waals surface area contributed by atoms with E-state index >= 15 is 0 Å². The number of halogens is 1. The van der Waals surface area contributed by atoms with Gasteiger partial charge in [-0.15, -0.1) is 10.2 Å². The summed E-state index contributed by atoms with van der Waals surface area (Å²) in [4.78, 5) is 15.4. The lowest BCUT2D eigenvalue weighted by Crippen LogP contribution is -2.57. The number of nitrogens with zero attached hydrogens (tertiary/aromatic N) is 3. The number of hydrogen-bond donors (Lipinski definition) is 1. The van der Waals surface area contributed by atoms with Crippen LogP contribution in [-0.4, -0.2) is 46.2 Å². The molecule has 1 aromatic heterocycles. The van der Waals surface area contributed by atoms with E-state index in [0.717, 1.165) is 11.4 Å². The van der Waals surface area contributed by atoms with Crippen LogP contribution in [0, 0.1) is 0 Å². The summed E-state index contributed by atoms with van der Waals surface area (Å²) in [5.41, 5.74) is 0.374. The Hall–Kier alpha value is -1.63. The van der Waals surface area contributed by atoms with Crippen LogP contribution in [0.4, 0.5) is 0 Å². The van der Waals surface area contributed by atoms with Crippen LogP contribution in [0.3, 0.4) is 0 Å². The van der Waals surface area contributed by atoms with Crippen molar-refractivity contribution in [3.05, 3.63) is 47.1 Å². The van der Waals surface area contributed by atoms with Crippen molar-refractivity contribution in [3.8, 4) is 0 Å². The third kappa shape index (κ3) is 3.71. The second-order valence-electron chi connectivity index (χ2n) is 5.77. The van der Waals surface area contributed by atoms with E-state index in [2.05, 4.69) is 22.4 Å². The Morgan fingerprint density at radius 3 is 2.75 bits per heavy atom. The fraction of sp³-hybridized carbons (Fsp3) is 0.353. The van der Waals surface area contributed by atoms with Gasteiger partial charge in [0, 0.05) is 30.1 Å². The number of benzene rings is 1. The standard InChI is InChI=1S/C17H19ClN4OS/c1-11-12(2)22(10-9-19-11)17(23)14-7-8-16(21-20-14)24-15-6-4-3-5-13(15)18/h3-8,11-12,19H,9-10H2,1-2H3. The molecule has 0 spiro atoms. The molecule has 2 heterocycles. The summed E-state index contributed by atoms with van der Waals surface area (Å²) in [6, 6.07) is 11.5. The van der Waals surface area contributed by atoms with Crippen LogP contribution in [0.25, 0.3) is 0 Å². The lowest BCUT2D eigenvalue weighted by molar-refractivity contribution is 0.0595. The van der Waals surface area contributed by atoms with Crippen LogP contribution in [0.2, 0.25) is 5.02 Å². The zero-order valence-corrected chi connectivity index (χ0v) is 15.1. The number of carbonyl (C=O) groups excluding carboxylic acids is 1. The molecular weight excluding hydrogens is 344 g/mol. The first kappa shape index (κ1) is 17.2. The van der Waals surface area contributed by atoms with E-state index in [1.54, 1.807) is 6.07 Å². The topological polar surface area (TPSA) is 58.1 Å². The van der Waals surface area contributed by atoms with E-state index in [9.17, 15) is 4.79 Å². The van der Waals surface area contributed by atoms with E-state index in [-0.39, 0.29) is 18.0 Å². The number of carbonyl (C=O) groups is 1. The second-order valence-corrected chi connectivity index (χ2v) is 7.24. The summed E-state index contributed by atoms with van der Waals surface area (Å²) >= 11 is 7.58. The van der Waals surface area contributed by atoms with Crippen LogP contribution in [-0.2, 0) is 0 Å². The molecule has 2 atom stereocenters. The average Bonchev–Trinajstić information content (AvgIpc) is 2.59. The molecule has 1 fully saturated rings. The highest BCUT2D eigenvalue weighted by Crippen LogP contribution is 2.31. The van der Waals surface area contributed by atoms with Gasteiger partial charge in [-0.1, -0.05) is 35.5 Å². The smallest absolute Gasteiger partial charge is 0.274 e. The number of nitrogens with one attached hydrogen (secondary N) is 1. The zero-order chi connectivity index (χ0) is 17.1. The average molecular weight is 363 g/mol. The molecule has 24 heavy (non-hydrogen) atoms. The molecule has 126 valence electrons. The Morgan fingerprint density at radius 2 is 2.04 bits per heavy atom. The van der Waals surface area contributed by atoms with Crippen molar-refractivity contribution in [2.75, 3.05) is 13.1 Å². The van der Waals surface area contributed by atoms with Gasteiger partial charge in [0.25, 0.3) is 5.91 Å². The lowest BCUT2D eigenvalue weighted by atomic mass is 10.1. The molecule has 5 nitrogen and oxygen atoms in total. The van der Waals surface area contributed by atoms with Crippen LogP contribution >= 0.6 is 23.4 Å². The quantitative estimate of drug-likeness (QED) is 0.909. The highest BCUT2D eigenvalue weighted by atomic mass is 35.5. The van der Waals surface area contributed by atoms with Gasteiger partial charge in [0.15, 0.2) is 5.69 Å². The van der Waals surface area contributed by atoms with Gasteiger partial charge in [-0.05, 0) is 38.1 Å². The number of aromatic nitrogens is 2. The molecule has 2 unspecified atom stereocenters. The minimum absolute atomic E-state index is 0.0716. The van der Waals surface area contributed by atoms with E-state index in [1.807, 2.05) is 42.2 Å². The molecule has 0 bridgehead atoms. The van der Waals surface area contributed by atoms with Gasteiger partial charge in [0.1, 0.15) is 5.03 Å². The molecule has 1 N–H and O–H groups in total. The summed E-state index contributed by atoms with van der Waals surface area (Å²) in [5, 5.41) is 13.0. The van der Waals surface area contributed by atoms with Crippen molar-refractivity contribution in [1.29, 1.82) is 0 Å². The van der Waals surface area contributed by atoms with Crippen molar-refractivity contribution in [2.45, 2.75) is 35.9 Å². The molecular formula is C17H19ClN4OS. The molecule has 1 amide bonds. The maximum Gasteiger partial charge on any atom is 0.274 e. The number of piperazine rings is 1. The minimum atomic E-state index is -0.0716. The van der Waals surface area contributed by atoms with E-state index in [4.69, 9.17) is 11.6 Å². The number of amides is 1. The third-order valence-corrected chi connectivity index (χ3v) is 5.65. The minimum Gasteiger partial charge on any atom is -0.332 e. The summed E-state index contributed by atoms with van der Waals surface area (Å²) in [6.07, 6.45) is 0. The summed E-state index contributed by atoms with van der Waals surface area (Å²) in [5.74, 6) is -0.0716. The molecule has 0 aliphatic carbocycles. The highest BCUT2D eigenvalue weighted by molar-refractivity contribution is 7.99. The molecule has 0 saturated carbocycles. The Morgan fingerprint density at radius 1 is 1.25 bits per heavy atom. The molecule has 1 saturated heterocycles. The van der Waals surface area contributed by atoms with Crippen LogP contribution in [0.5, 0.6) is 0 Å². The molecule has 3 rings (SSSR count). The fourth-order valence-corrected chi connectivity index (χ4v) is 3.63. The molecule has 1 aromatic carbocycles. The maximum absolute atomic E-state index is 12.6. The van der Waals surface area contributed by atoms with Gasteiger partial charge < -0.3 is 10.2 Å². The monoisotopic (exact) mass is 362 g/mol. The number of hydrogen-bond acceptors (Lipinski definition) is 5. The summed E-state index contributed by atoms with van der Waals surface area (Å²) < 4.78 is 0. The van der Waals surface area contributed by atoms with E-state index in [1.165, 1.54) is 11.8 Å². The Bertz CT molecular complexity index is 725. The Kier molecular flexibility index (Phi) is 5.38. The fourth-order valence-electron chi connectivity index (χ4n) is 2.62. The zero-order valence-electron chi connectivity index (χ0n) is 13.6. The lowest BCUT2D eigenvalue weighted by Gasteiger charge is -2.38. The van der Waals surface area contributed by atoms with E-state index < -0.39 is 0 Å². The first-order chi connectivity index (χ1) is 11.6. The largest absolute Gasteiger partial charge is 0.332 e. The Balaban J connectivity index is 1.72. The first-order valence-electron chi connectivity index (χ1n) is 7.86. The normalized spacial score (nSPS) is 20.9. The van der Waals surface area contributed by atoms with Crippen molar-refractivity contribution in [2.24, 2.45) is 0 Å². The molecule has 2 aromatic rings. The van der Waals surface area contributed by atoms with Crippen molar-refractivity contribution in [3.63, 3.8) is 0 Å². The van der Waals surface area contributed by atoms with E-state index in [0.29, 0.717) is 22.3 Å². The van der Waals surface area contributed by atoms with Crippen LogP contribution < -0.4 is 5.32 Å². The van der Waals surface area contributed by atoms with Gasteiger partial charge in [0.2, 0.25) is 0 Å². The predicted octanol–water partition coefficient (Wildman–Crippen LogP) is 3.10. The second kappa shape index (κ2) is 7.51. The molecule has 1 aliphatic heterocycles. The predicted molar refractivity (Wildman–Crippen MR) is 95.6 cm³/mol. The van der Waals surface area contributed by atoms with Gasteiger partial charge >= 0.3 is 0 Å². The first-order valence-corrected chi connectivity index (χ1v) is 9.06. The van der Waals surface area contributed by atoms with Gasteiger partial charge in [-0.25, -0.2) is 0 Å². The maximum atomic E-state index is 12.6. The molecule has 0 radical (unpaired) electrons. The number of rotatable bonds is 3. The van der Waals surface area contributed by atoms with Crippen molar-refractivity contribution < 1.29 is 4.79 Å². The van der Waals surface area contributed by atoms with Gasteiger partial charge in [-0.3, -0.25) is 4.79 Å². The summed E-state index contributed by atoms with van der Waals surface area (Å²) in [6.45, 7) is 5.61. The van der Waals surface area contributed by atoms with Crippen molar-refractivity contribution >= 4 is 29.3 Å². The van der Waals surface area contributed by atoms with Crippen molar-refractivity contribution in [1.82, 2.24) is 20.4 Å². The molecule has 7 heteroatoms. The molecule has 1 aliphatic rings. The van der Waals surface area contributed by atoms with Crippen LogP contribution in [0.1, 0.15) is 24.3 Å². The van der Waals surface area contributed by atoms with Gasteiger partial charge in [0.05, 0.1) is 5.02 Å². The highest BCUT2D eigenvalue weighted by Gasteiger charge is 2.29. The van der Waals surface area contributed by atoms with Gasteiger partial charge in [-0.2, -0.15) is 0 Å². The van der Waals surface area contributed by atoms with Crippen LogP contribution in [0.15, 0.2) is 46.3 Å². The summed E-state index contributed by atoms with van der Waals surface area (Å²) in [7, 11) is 0.